The van der Waals surface area contributed by atoms with E-state index < -0.39 is 9.84 Å². The van der Waals surface area contributed by atoms with Gasteiger partial charge in [0, 0.05) is 55.4 Å². The van der Waals surface area contributed by atoms with Gasteiger partial charge in [-0.05, 0) is 70.2 Å². The second kappa shape index (κ2) is 14.9. The summed E-state index contributed by atoms with van der Waals surface area (Å²) in [5, 5.41) is 9.13. The van der Waals surface area contributed by atoms with Crippen molar-refractivity contribution >= 4 is 44.5 Å². The molecule has 1 aliphatic rings. The summed E-state index contributed by atoms with van der Waals surface area (Å²) in [5.41, 5.74) is 3.48. The van der Waals surface area contributed by atoms with Crippen LogP contribution in [-0.4, -0.2) is 70.0 Å². The van der Waals surface area contributed by atoms with Crippen molar-refractivity contribution in [2.24, 2.45) is 0 Å². The number of amides is 2. The maximum atomic E-state index is 13.2. The quantitative estimate of drug-likeness (QED) is 0.180. The van der Waals surface area contributed by atoms with Crippen LogP contribution in [0.4, 0.5) is 5.69 Å². The summed E-state index contributed by atoms with van der Waals surface area (Å²) in [6.45, 7) is 10.0. The lowest BCUT2D eigenvalue weighted by Crippen LogP contribution is -2.36. The van der Waals surface area contributed by atoms with Crippen molar-refractivity contribution in [3.8, 4) is 0 Å². The number of hydrogen-bond acceptors (Lipinski definition) is 6. The highest BCUT2D eigenvalue weighted by Crippen LogP contribution is 2.35. The van der Waals surface area contributed by atoms with Crippen molar-refractivity contribution in [2.45, 2.75) is 39.0 Å². The van der Waals surface area contributed by atoms with Crippen LogP contribution in [0.2, 0.25) is 0 Å². The van der Waals surface area contributed by atoms with E-state index in [4.69, 9.17) is 11.6 Å². The SMILES string of the molecule is C/C=C(\C=C/CCl)CS(=O)(=O)c1ccc2c(c1)/C(=C/C(NCC)=C(\C)CC(=O)N(CC)CCNC)C(=O)N2. The van der Waals surface area contributed by atoms with Crippen LogP contribution in [0.3, 0.4) is 0 Å². The highest BCUT2D eigenvalue weighted by Gasteiger charge is 2.27. The molecule has 8 nitrogen and oxygen atoms in total. The second-order valence-corrected chi connectivity index (χ2v) is 11.2. The normalized spacial score (nSPS) is 15.5. The molecule has 38 heavy (non-hydrogen) atoms. The molecular formula is C28H39ClN4O4S. The van der Waals surface area contributed by atoms with Gasteiger partial charge in [0.15, 0.2) is 9.84 Å². The summed E-state index contributed by atoms with van der Waals surface area (Å²) in [6, 6.07) is 4.65. The fraction of sp³-hybridized carbons (Fsp3) is 0.429. The Bertz CT molecular complexity index is 1250. The Labute approximate surface area is 231 Å². The van der Waals surface area contributed by atoms with Gasteiger partial charge in [-0.2, -0.15) is 0 Å². The molecule has 1 aromatic rings. The maximum Gasteiger partial charge on any atom is 0.256 e. The van der Waals surface area contributed by atoms with Crippen molar-refractivity contribution in [2.75, 3.05) is 50.2 Å². The first-order valence-electron chi connectivity index (χ1n) is 12.8. The second-order valence-electron chi connectivity index (χ2n) is 8.88. The first kappa shape index (κ1) is 31.3. The van der Waals surface area contributed by atoms with E-state index in [2.05, 4.69) is 16.0 Å². The fourth-order valence-corrected chi connectivity index (χ4v) is 5.56. The molecule has 0 atom stereocenters. The molecule has 2 rings (SSSR count). The molecule has 0 aromatic heterocycles. The number of anilines is 1. The van der Waals surface area contributed by atoms with Crippen molar-refractivity contribution in [1.29, 1.82) is 0 Å². The van der Waals surface area contributed by atoms with Gasteiger partial charge >= 0.3 is 0 Å². The summed E-state index contributed by atoms with van der Waals surface area (Å²) < 4.78 is 26.3. The van der Waals surface area contributed by atoms with E-state index in [0.29, 0.717) is 54.3 Å². The number of likely N-dealkylation sites (N-methyl/N-ethyl adjacent to an activating group) is 3. The Kier molecular flexibility index (Phi) is 12.3. The third-order valence-corrected chi connectivity index (χ3v) is 8.04. The number of halogens is 1. The van der Waals surface area contributed by atoms with Crippen molar-refractivity contribution in [1.82, 2.24) is 15.5 Å². The average molecular weight is 563 g/mol. The van der Waals surface area contributed by atoms with Crippen molar-refractivity contribution in [3.05, 3.63) is 64.9 Å². The molecule has 208 valence electrons. The number of fused-ring (bicyclic) bond motifs is 1. The molecule has 3 N–H and O–H groups in total. The molecule has 0 unspecified atom stereocenters. The molecule has 0 spiro atoms. The minimum Gasteiger partial charge on any atom is -0.385 e. The Balaban J connectivity index is 2.45. The molecule has 0 fully saturated rings. The largest absolute Gasteiger partial charge is 0.385 e. The topological polar surface area (TPSA) is 108 Å². The lowest BCUT2D eigenvalue weighted by Gasteiger charge is -2.21. The summed E-state index contributed by atoms with van der Waals surface area (Å²) in [5.74, 6) is -0.215. The van der Waals surface area contributed by atoms with Gasteiger partial charge in [0.1, 0.15) is 0 Å². The highest BCUT2D eigenvalue weighted by atomic mass is 35.5. The minimum absolute atomic E-state index is 0.00158. The number of carbonyl (C=O) groups is 2. The third kappa shape index (κ3) is 8.31. The van der Waals surface area contributed by atoms with Gasteiger partial charge in [-0.1, -0.05) is 18.2 Å². The lowest BCUT2D eigenvalue weighted by atomic mass is 10.0. The van der Waals surface area contributed by atoms with Crippen LogP contribution in [0.25, 0.3) is 5.57 Å². The summed E-state index contributed by atoms with van der Waals surface area (Å²) in [4.78, 5) is 27.7. The van der Waals surface area contributed by atoms with Gasteiger partial charge in [-0.15, -0.1) is 11.6 Å². The summed E-state index contributed by atoms with van der Waals surface area (Å²) in [7, 11) is -1.82. The zero-order valence-electron chi connectivity index (χ0n) is 22.9. The van der Waals surface area contributed by atoms with E-state index >= 15 is 0 Å². The summed E-state index contributed by atoms with van der Waals surface area (Å²) in [6.07, 6.45) is 7.04. The average Bonchev–Trinajstić information content (AvgIpc) is 3.20. The maximum absolute atomic E-state index is 13.2. The third-order valence-electron chi connectivity index (χ3n) is 6.18. The van der Waals surface area contributed by atoms with Gasteiger partial charge in [-0.3, -0.25) is 9.59 Å². The number of carbonyl (C=O) groups excluding carboxylic acids is 2. The van der Waals surface area contributed by atoms with Crippen LogP contribution >= 0.6 is 11.6 Å². The van der Waals surface area contributed by atoms with Gasteiger partial charge in [-0.25, -0.2) is 8.42 Å². The zero-order chi connectivity index (χ0) is 28.3. The Morgan fingerprint density at radius 3 is 2.58 bits per heavy atom. The van der Waals surface area contributed by atoms with Crippen LogP contribution in [0.15, 0.2) is 64.2 Å². The van der Waals surface area contributed by atoms with Crippen LogP contribution in [0.5, 0.6) is 0 Å². The zero-order valence-corrected chi connectivity index (χ0v) is 24.4. The number of allylic oxidation sites excluding steroid dienone is 4. The number of rotatable bonds is 14. The summed E-state index contributed by atoms with van der Waals surface area (Å²) >= 11 is 5.70. The highest BCUT2D eigenvalue weighted by molar-refractivity contribution is 7.91. The first-order chi connectivity index (χ1) is 18.1. The number of benzene rings is 1. The smallest absolute Gasteiger partial charge is 0.256 e. The molecule has 0 saturated carbocycles. The number of alkyl halides is 1. The van der Waals surface area contributed by atoms with Gasteiger partial charge < -0.3 is 20.9 Å². The van der Waals surface area contributed by atoms with Gasteiger partial charge in [0.25, 0.3) is 5.91 Å². The number of nitrogens with zero attached hydrogens (tertiary/aromatic N) is 1. The molecular weight excluding hydrogens is 524 g/mol. The Morgan fingerprint density at radius 1 is 1.24 bits per heavy atom. The molecule has 0 aliphatic carbocycles. The van der Waals surface area contributed by atoms with E-state index in [-0.39, 0.29) is 34.8 Å². The van der Waals surface area contributed by atoms with Crippen LogP contribution in [-0.2, 0) is 19.4 Å². The molecule has 0 saturated heterocycles. The lowest BCUT2D eigenvalue weighted by molar-refractivity contribution is -0.130. The van der Waals surface area contributed by atoms with Crippen LogP contribution < -0.4 is 16.0 Å². The standard InChI is InChI=1S/C28H39ClN4O4S/c1-6-21(10-9-13-29)19-38(36,37)22-11-12-25-23(17-22)24(28(35)32-25)18-26(31-7-2)20(4)16-27(34)33(8-3)15-14-30-5/h6,9-12,17-18,30-31H,7-8,13-16,19H2,1-5H3,(H,32,35)/b10-9-,21-6+,24-18-,26-20-. The van der Waals surface area contributed by atoms with Crippen molar-refractivity contribution in [3.63, 3.8) is 0 Å². The minimum atomic E-state index is -3.67. The van der Waals surface area contributed by atoms with Crippen LogP contribution in [0.1, 0.15) is 39.7 Å². The Morgan fingerprint density at radius 2 is 1.97 bits per heavy atom. The molecule has 2 amide bonds. The molecule has 1 heterocycles. The van der Waals surface area contributed by atoms with Crippen LogP contribution in [0, 0.1) is 0 Å². The number of nitrogens with one attached hydrogen (secondary N) is 3. The van der Waals surface area contributed by atoms with E-state index in [1.54, 1.807) is 42.2 Å². The number of sulfone groups is 1. The van der Waals surface area contributed by atoms with E-state index in [9.17, 15) is 18.0 Å². The fourth-order valence-electron chi connectivity index (χ4n) is 4.03. The predicted molar refractivity (Wildman–Crippen MR) is 156 cm³/mol. The molecule has 1 aromatic carbocycles. The van der Waals surface area contributed by atoms with Gasteiger partial charge in [0.05, 0.1) is 16.2 Å². The molecule has 10 heteroatoms. The predicted octanol–water partition coefficient (Wildman–Crippen LogP) is 3.88. The molecule has 1 aliphatic heterocycles. The molecule has 0 radical (unpaired) electrons. The van der Waals surface area contributed by atoms with E-state index in [0.717, 1.165) is 5.57 Å². The Hall–Kier alpha value is -2.88. The van der Waals surface area contributed by atoms with E-state index in [1.165, 1.54) is 12.1 Å². The first-order valence-corrected chi connectivity index (χ1v) is 14.9. The number of hydrogen-bond donors (Lipinski definition) is 3. The monoisotopic (exact) mass is 562 g/mol. The molecule has 0 bridgehead atoms. The van der Waals surface area contributed by atoms with Crippen molar-refractivity contribution < 1.29 is 18.0 Å². The van der Waals surface area contributed by atoms with Gasteiger partial charge in [0.2, 0.25) is 5.91 Å². The van der Waals surface area contributed by atoms with E-state index in [1.807, 2.05) is 27.8 Å².